The summed E-state index contributed by atoms with van der Waals surface area (Å²) in [5, 5.41) is 26.4. The second kappa shape index (κ2) is 16.5. The number of phenolic OH excluding ortho intramolecular Hbond substituents is 1. The molecule has 1 aliphatic heterocycles. The summed E-state index contributed by atoms with van der Waals surface area (Å²) in [5.41, 5.74) is 17.5. The van der Waals surface area contributed by atoms with Crippen LogP contribution in [0.3, 0.4) is 0 Å². The van der Waals surface area contributed by atoms with Gasteiger partial charge in [-0.15, -0.1) is 0 Å². The zero-order chi connectivity index (χ0) is 36.7. The molecular formula is C40H45N5O6. The number of aryl methyl sites for hydroxylation is 2. The Balaban J connectivity index is 1.44. The fourth-order valence-corrected chi connectivity index (χ4v) is 6.80. The Kier molecular flexibility index (Phi) is 11.9. The predicted octanol–water partition coefficient (Wildman–Crippen LogP) is 2.31. The third kappa shape index (κ3) is 8.99. The van der Waals surface area contributed by atoms with Crippen LogP contribution in [0.1, 0.15) is 45.0 Å². The van der Waals surface area contributed by atoms with Crippen LogP contribution in [0.25, 0.3) is 0 Å². The van der Waals surface area contributed by atoms with E-state index in [0.29, 0.717) is 12.0 Å². The van der Waals surface area contributed by atoms with Crippen LogP contribution in [0, 0.1) is 13.8 Å². The molecule has 51 heavy (non-hydrogen) atoms. The van der Waals surface area contributed by atoms with E-state index in [2.05, 4.69) is 10.6 Å². The number of carbonyl (C=O) groups excluding carboxylic acids is 4. The van der Waals surface area contributed by atoms with E-state index in [1.807, 2.05) is 62.4 Å². The minimum absolute atomic E-state index is 0.0877. The van der Waals surface area contributed by atoms with Gasteiger partial charge in [-0.2, -0.15) is 0 Å². The van der Waals surface area contributed by atoms with Gasteiger partial charge >= 0.3 is 0 Å². The molecule has 0 bridgehead atoms. The smallest absolute Gasteiger partial charge is 0.248 e. The molecule has 0 aliphatic carbocycles. The number of benzene rings is 4. The molecule has 1 unspecified atom stereocenters. The van der Waals surface area contributed by atoms with Crippen LogP contribution in [-0.4, -0.2) is 69.5 Å². The summed E-state index contributed by atoms with van der Waals surface area (Å²) in [6.45, 7) is 3.92. The summed E-state index contributed by atoms with van der Waals surface area (Å²) in [4.78, 5) is 56.2. The molecule has 0 spiro atoms. The second-order valence-corrected chi connectivity index (χ2v) is 13.2. The summed E-state index contributed by atoms with van der Waals surface area (Å²) in [5.74, 6) is -2.51. The second-order valence-electron chi connectivity index (χ2n) is 13.2. The minimum atomic E-state index is -1.69. The van der Waals surface area contributed by atoms with Crippen LogP contribution < -0.4 is 22.1 Å². The summed E-state index contributed by atoms with van der Waals surface area (Å²) in [7, 11) is 0. The van der Waals surface area contributed by atoms with E-state index in [0.717, 1.165) is 33.4 Å². The number of nitrogens with zero attached hydrogens (tertiary/aromatic N) is 1. The Labute approximate surface area is 297 Å². The molecule has 8 N–H and O–H groups in total. The molecule has 0 saturated heterocycles. The summed E-state index contributed by atoms with van der Waals surface area (Å²) in [6.07, 6.45) is -0.783. The molecule has 0 radical (unpaired) electrons. The molecule has 4 aromatic carbocycles. The van der Waals surface area contributed by atoms with Crippen molar-refractivity contribution in [1.82, 2.24) is 15.5 Å². The molecule has 11 heteroatoms. The van der Waals surface area contributed by atoms with Crippen LogP contribution in [0.4, 0.5) is 0 Å². The van der Waals surface area contributed by atoms with Gasteiger partial charge in [0.1, 0.15) is 17.8 Å². The van der Waals surface area contributed by atoms with E-state index in [-0.39, 0.29) is 31.6 Å². The number of primary amides is 1. The van der Waals surface area contributed by atoms with E-state index < -0.39 is 53.9 Å². The summed E-state index contributed by atoms with van der Waals surface area (Å²) >= 11 is 0. The number of fused-ring (bicyclic) bond motifs is 1. The van der Waals surface area contributed by atoms with E-state index in [1.54, 1.807) is 48.5 Å². The summed E-state index contributed by atoms with van der Waals surface area (Å²) < 4.78 is 0. The van der Waals surface area contributed by atoms with Gasteiger partial charge < -0.3 is 37.2 Å². The molecule has 5 atom stereocenters. The van der Waals surface area contributed by atoms with Crippen molar-refractivity contribution in [2.75, 3.05) is 6.54 Å². The molecule has 1 heterocycles. The van der Waals surface area contributed by atoms with Gasteiger partial charge in [-0.3, -0.25) is 19.2 Å². The first kappa shape index (κ1) is 36.8. The van der Waals surface area contributed by atoms with E-state index in [1.165, 1.54) is 4.90 Å². The number of aliphatic hydroxyl groups excluding tert-OH is 1. The number of nitrogens with two attached hydrogens (primary N) is 2. The van der Waals surface area contributed by atoms with Gasteiger partial charge in [0.2, 0.25) is 23.6 Å². The number of carbonyl (C=O) groups is 4. The van der Waals surface area contributed by atoms with Crippen molar-refractivity contribution in [2.24, 2.45) is 11.5 Å². The lowest BCUT2D eigenvalue weighted by Gasteiger charge is -2.38. The number of aromatic hydroxyl groups is 1. The first-order valence-electron chi connectivity index (χ1n) is 17.0. The molecule has 11 nitrogen and oxygen atoms in total. The fourth-order valence-electron chi connectivity index (χ4n) is 6.80. The Morgan fingerprint density at radius 2 is 1.39 bits per heavy atom. The SMILES string of the molecule is Cc1cc(O)cc(C)c1C[C@H](N)C(=O)N1CCc2ccccc2C1C(=O)N[C@@H](Cc1ccccc1)C(=O)N[C@@H](Cc1ccccc1)[C@H](O)C(N)=O. The van der Waals surface area contributed by atoms with Crippen molar-refractivity contribution in [3.05, 3.63) is 136 Å². The van der Waals surface area contributed by atoms with Crippen LogP contribution in [0.15, 0.2) is 97.1 Å². The van der Waals surface area contributed by atoms with Crippen molar-refractivity contribution in [3.8, 4) is 5.75 Å². The molecule has 266 valence electrons. The van der Waals surface area contributed by atoms with Crippen molar-refractivity contribution in [3.63, 3.8) is 0 Å². The van der Waals surface area contributed by atoms with Crippen LogP contribution in [-0.2, 0) is 44.9 Å². The highest BCUT2D eigenvalue weighted by atomic mass is 16.3. The zero-order valence-electron chi connectivity index (χ0n) is 28.8. The Morgan fingerprint density at radius 1 is 0.824 bits per heavy atom. The normalized spacial score (nSPS) is 16.2. The quantitative estimate of drug-likeness (QED) is 0.124. The topological polar surface area (TPSA) is 188 Å². The molecule has 0 aromatic heterocycles. The fraction of sp³-hybridized carbons (Fsp3) is 0.300. The third-order valence-corrected chi connectivity index (χ3v) is 9.45. The van der Waals surface area contributed by atoms with Crippen molar-refractivity contribution in [1.29, 1.82) is 0 Å². The van der Waals surface area contributed by atoms with Gasteiger partial charge in [0, 0.05) is 13.0 Å². The average Bonchev–Trinajstić information content (AvgIpc) is 3.12. The molecule has 5 rings (SSSR count). The number of nitrogens with one attached hydrogen (secondary N) is 2. The standard InChI is InChI=1S/C40H45N5O6/c1-24-19-29(46)20-25(2)31(24)23-32(41)40(51)45-18-17-28-15-9-10-16-30(28)35(45)39(50)44-34(22-27-13-7-4-8-14-27)38(49)43-33(36(47)37(42)48)21-26-11-5-3-6-12-26/h3-16,19-20,32-36,46-47H,17-18,21-23,41H2,1-2H3,(H2,42,48)(H,43,49)(H,44,50)/t32-,33-,34-,35?,36-/m0/s1. The lowest BCUT2D eigenvalue weighted by atomic mass is 9.90. The molecular weight excluding hydrogens is 646 g/mol. The lowest BCUT2D eigenvalue weighted by Crippen LogP contribution is -2.58. The Hall–Kier alpha value is -5.52. The summed E-state index contributed by atoms with van der Waals surface area (Å²) in [6, 6.07) is 24.5. The number of rotatable bonds is 13. The van der Waals surface area contributed by atoms with Gasteiger partial charge in [0.15, 0.2) is 6.10 Å². The Bertz CT molecular complexity index is 1840. The number of hydrogen-bond acceptors (Lipinski definition) is 7. The highest BCUT2D eigenvalue weighted by molar-refractivity contribution is 5.95. The van der Waals surface area contributed by atoms with Crippen LogP contribution in [0.2, 0.25) is 0 Å². The molecule has 4 amide bonds. The van der Waals surface area contributed by atoms with Gasteiger partial charge in [-0.05, 0) is 84.2 Å². The van der Waals surface area contributed by atoms with Crippen molar-refractivity contribution in [2.45, 2.75) is 69.8 Å². The average molecular weight is 692 g/mol. The monoisotopic (exact) mass is 691 g/mol. The number of amides is 4. The Morgan fingerprint density at radius 3 is 2.00 bits per heavy atom. The number of aliphatic hydroxyl groups is 1. The highest BCUT2D eigenvalue weighted by Gasteiger charge is 2.39. The molecule has 1 aliphatic rings. The first-order valence-corrected chi connectivity index (χ1v) is 17.0. The molecule has 0 saturated carbocycles. The lowest BCUT2D eigenvalue weighted by molar-refractivity contribution is -0.143. The molecule has 4 aromatic rings. The van der Waals surface area contributed by atoms with Gasteiger partial charge in [0.05, 0.1) is 12.1 Å². The van der Waals surface area contributed by atoms with Crippen molar-refractivity contribution >= 4 is 23.6 Å². The number of hydrogen-bond donors (Lipinski definition) is 6. The molecule has 0 fully saturated rings. The minimum Gasteiger partial charge on any atom is -0.508 e. The largest absolute Gasteiger partial charge is 0.508 e. The zero-order valence-corrected chi connectivity index (χ0v) is 28.8. The predicted molar refractivity (Wildman–Crippen MR) is 193 cm³/mol. The van der Waals surface area contributed by atoms with Crippen LogP contribution >= 0.6 is 0 Å². The van der Waals surface area contributed by atoms with Gasteiger partial charge in [-0.1, -0.05) is 84.9 Å². The maximum atomic E-state index is 14.4. The van der Waals surface area contributed by atoms with E-state index in [4.69, 9.17) is 11.5 Å². The number of phenols is 1. The van der Waals surface area contributed by atoms with Crippen LogP contribution in [0.5, 0.6) is 5.75 Å². The van der Waals surface area contributed by atoms with E-state index in [9.17, 15) is 29.4 Å². The maximum absolute atomic E-state index is 14.4. The maximum Gasteiger partial charge on any atom is 0.248 e. The highest BCUT2D eigenvalue weighted by Crippen LogP contribution is 2.31. The van der Waals surface area contributed by atoms with Crippen molar-refractivity contribution < 1.29 is 29.4 Å². The first-order chi connectivity index (χ1) is 24.4. The van der Waals surface area contributed by atoms with Gasteiger partial charge in [0.25, 0.3) is 0 Å². The van der Waals surface area contributed by atoms with E-state index >= 15 is 0 Å². The third-order valence-electron chi connectivity index (χ3n) is 9.45. The van der Waals surface area contributed by atoms with Gasteiger partial charge in [-0.25, -0.2) is 0 Å².